The zero-order valence-electron chi connectivity index (χ0n) is 16.2. The smallest absolute Gasteiger partial charge is 0.243 e. The molecule has 1 heterocycles. The summed E-state index contributed by atoms with van der Waals surface area (Å²) in [5, 5.41) is 6.66. The molecule has 0 saturated carbocycles. The van der Waals surface area contributed by atoms with E-state index in [1.165, 1.54) is 0 Å². The number of rotatable bonds is 9. The van der Waals surface area contributed by atoms with Gasteiger partial charge >= 0.3 is 0 Å². The Labute approximate surface area is 170 Å². The van der Waals surface area contributed by atoms with E-state index >= 15 is 0 Å². The van der Waals surface area contributed by atoms with E-state index < -0.39 is 0 Å². The topological polar surface area (TPSA) is 69.2 Å². The first-order valence-electron chi connectivity index (χ1n) is 9.01. The maximum absolute atomic E-state index is 11.7. The number of carbonyl (C=O) groups is 1. The number of amides is 1. The van der Waals surface area contributed by atoms with Crippen molar-refractivity contribution in [1.29, 1.82) is 0 Å². The number of hydrogen-bond acceptors (Lipinski definition) is 4. The molecule has 25 heavy (non-hydrogen) atoms. The average Bonchev–Trinajstić information content (AvgIpc) is 2.56. The van der Waals surface area contributed by atoms with E-state index in [1.54, 1.807) is 19.0 Å². The Morgan fingerprint density at radius 3 is 2.44 bits per heavy atom. The predicted octanol–water partition coefficient (Wildman–Crippen LogP) is 0.996. The number of ether oxygens (including phenoxy) is 1. The van der Waals surface area contributed by atoms with Crippen molar-refractivity contribution in [3.05, 3.63) is 0 Å². The van der Waals surface area contributed by atoms with Gasteiger partial charge in [0, 0.05) is 40.3 Å². The number of nitrogens with one attached hydrogen (secondary N) is 2. The van der Waals surface area contributed by atoms with Crippen LogP contribution in [0.4, 0.5) is 0 Å². The number of aliphatic imine (C=N–C) groups is 1. The van der Waals surface area contributed by atoms with Crippen LogP contribution in [0.15, 0.2) is 4.99 Å². The van der Waals surface area contributed by atoms with Gasteiger partial charge in [-0.1, -0.05) is 13.8 Å². The average molecular weight is 469 g/mol. The molecule has 0 spiro atoms. The SMILES string of the molecule is CC(C)CCNC(=NCC(=O)N(C)C)NCCCN1CCOCC1.I. The molecule has 8 heteroatoms. The summed E-state index contributed by atoms with van der Waals surface area (Å²) in [6, 6.07) is 0. The molecule has 0 unspecified atom stereocenters. The van der Waals surface area contributed by atoms with Crippen molar-refractivity contribution in [3.63, 3.8) is 0 Å². The third kappa shape index (κ3) is 12.4. The fourth-order valence-electron chi connectivity index (χ4n) is 2.28. The Bertz CT molecular complexity index is 385. The molecule has 0 aromatic heterocycles. The summed E-state index contributed by atoms with van der Waals surface area (Å²) < 4.78 is 5.36. The van der Waals surface area contributed by atoms with Gasteiger partial charge in [-0.05, 0) is 25.3 Å². The molecule has 1 fully saturated rings. The molecular weight excluding hydrogens is 433 g/mol. The number of likely N-dealkylation sites (N-methyl/N-ethyl adjacent to an activating group) is 1. The molecule has 0 bridgehead atoms. The lowest BCUT2D eigenvalue weighted by atomic mass is 10.1. The van der Waals surface area contributed by atoms with Gasteiger partial charge in [-0.15, -0.1) is 24.0 Å². The number of carbonyl (C=O) groups excluding carboxylic acids is 1. The summed E-state index contributed by atoms with van der Waals surface area (Å²) in [5.41, 5.74) is 0. The Morgan fingerprint density at radius 1 is 1.20 bits per heavy atom. The number of guanidine groups is 1. The van der Waals surface area contributed by atoms with Gasteiger partial charge in [-0.2, -0.15) is 0 Å². The number of nitrogens with zero attached hydrogens (tertiary/aromatic N) is 3. The van der Waals surface area contributed by atoms with Crippen LogP contribution in [0.3, 0.4) is 0 Å². The third-order valence-corrected chi connectivity index (χ3v) is 3.93. The van der Waals surface area contributed by atoms with Crippen molar-refractivity contribution < 1.29 is 9.53 Å². The zero-order valence-corrected chi connectivity index (χ0v) is 18.5. The molecule has 1 aliphatic heterocycles. The molecule has 0 aromatic carbocycles. The van der Waals surface area contributed by atoms with Crippen molar-refractivity contribution in [2.45, 2.75) is 26.7 Å². The van der Waals surface area contributed by atoms with Crippen LogP contribution in [0.5, 0.6) is 0 Å². The van der Waals surface area contributed by atoms with E-state index in [0.717, 1.165) is 64.7 Å². The predicted molar refractivity (Wildman–Crippen MR) is 114 cm³/mol. The van der Waals surface area contributed by atoms with Crippen LogP contribution in [0.1, 0.15) is 26.7 Å². The van der Waals surface area contributed by atoms with Crippen LogP contribution in [0.25, 0.3) is 0 Å². The second kappa shape index (κ2) is 14.5. The summed E-state index contributed by atoms with van der Waals surface area (Å²) in [6.45, 7) is 11.1. The largest absolute Gasteiger partial charge is 0.379 e. The molecule has 1 aliphatic rings. The normalized spacial score (nSPS) is 15.6. The summed E-state index contributed by atoms with van der Waals surface area (Å²) in [6.07, 6.45) is 2.13. The lowest BCUT2D eigenvalue weighted by Crippen LogP contribution is -2.41. The van der Waals surface area contributed by atoms with Gasteiger partial charge in [-0.25, -0.2) is 4.99 Å². The molecule has 0 atom stereocenters. The standard InChI is InChI=1S/C17H35N5O2.HI/c1-15(2)6-8-19-17(20-14-16(23)21(3)4)18-7-5-9-22-10-12-24-13-11-22;/h15H,5-14H2,1-4H3,(H2,18,19,20);1H. The highest BCUT2D eigenvalue weighted by Gasteiger charge is 2.09. The Kier molecular flexibility index (Phi) is 14.2. The number of morpholine rings is 1. The molecule has 2 N–H and O–H groups in total. The maximum Gasteiger partial charge on any atom is 0.243 e. The van der Waals surface area contributed by atoms with Gasteiger partial charge in [0.15, 0.2) is 5.96 Å². The Morgan fingerprint density at radius 2 is 1.84 bits per heavy atom. The van der Waals surface area contributed by atoms with Gasteiger partial charge in [0.05, 0.1) is 13.2 Å². The van der Waals surface area contributed by atoms with Crippen LogP contribution < -0.4 is 10.6 Å². The highest BCUT2D eigenvalue weighted by Crippen LogP contribution is 1.98. The zero-order chi connectivity index (χ0) is 17.8. The fourth-order valence-corrected chi connectivity index (χ4v) is 2.28. The lowest BCUT2D eigenvalue weighted by Gasteiger charge is -2.26. The van der Waals surface area contributed by atoms with Gasteiger partial charge in [0.2, 0.25) is 5.91 Å². The second-order valence-electron chi connectivity index (χ2n) is 6.80. The summed E-state index contributed by atoms with van der Waals surface area (Å²) >= 11 is 0. The van der Waals surface area contributed by atoms with E-state index in [1.807, 2.05) is 0 Å². The first kappa shape index (κ1) is 24.4. The molecule has 1 amide bonds. The third-order valence-electron chi connectivity index (χ3n) is 3.93. The maximum atomic E-state index is 11.7. The van der Waals surface area contributed by atoms with Gasteiger partial charge in [-0.3, -0.25) is 9.69 Å². The molecule has 1 saturated heterocycles. The van der Waals surface area contributed by atoms with E-state index in [2.05, 4.69) is 34.4 Å². The number of halogens is 1. The van der Waals surface area contributed by atoms with E-state index in [9.17, 15) is 4.79 Å². The minimum Gasteiger partial charge on any atom is -0.379 e. The summed E-state index contributed by atoms with van der Waals surface area (Å²) in [4.78, 5) is 20.1. The van der Waals surface area contributed by atoms with Crippen molar-refractivity contribution in [3.8, 4) is 0 Å². The van der Waals surface area contributed by atoms with Crippen LogP contribution in [0.2, 0.25) is 0 Å². The van der Waals surface area contributed by atoms with Crippen LogP contribution in [-0.4, -0.2) is 88.2 Å². The van der Waals surface area contributed by atoms with Crippen molar-refractivity contribution in [1.82, 2.24) is 20.4 Å². The van der Waals surface area contributed by atoms with E-state index in [-0.39, 0.29) is 36.4 Å². The Balaban J connectivity index is 0.00000576. The molecular formula is C17H36IN5O2. The quantitative estimate of drug-likeness (QED) is 0.228. The van der Waals surface area contributed by atoms with Gasteiger partial charge in [0.25, 0.3) is 0 Å². The van der Waals surface area contributed by atoms with Crippen LogP contribution >= 0.6 is 24.0 Å². The molecule has 148 valence electrons. The van der Waals surface area contributed by atoms with Crippen molar-refractivity contribution in [2.24, 2.45) is 10.9 Å². The first-order chi connectivity index (χ1) is 11.5. The molecule has 0 aliphatic carbocycles. The van der Waals surface area contributed by atoms with Crippen molar-refractivity contribution >= 4 is 35.8 Å². The van der Waals surface area contributed by atoms with Gasteiger partial charge in [0.1, 0.15) is 6.54 Å². The second-order valence-corrected chi connectivity index (χ2v) is 6.80. The lowest BCUT2D eigenvalue weighted by molar-refractivity contribution is -0.127. The minimum absolute atomic E-state index is 0. The van der Waals surface area contributed by atoms with Crippen molar-refractivity contribution in [2.75, 3.05) is 66.6 Å². The highest BCUT2D eigenvalue weighted by atomic mass is 127. The molecule has 1 rings (SSSR count). The minimum atomic E-state index is 0. The molecule has 7 nitrogen and oxygen atoms in total. The van der Waals surface area contributed by atoms with E-state index in [0.29, 0.717) is 5.92 Å². The molecule has 0 radical (unpaired) electrons. The summed E-state index contributed by atoms with van der Waals surface area (Å²) in [7, 11) is 3.50. The number of hydrogen-bond donors (Lipinski definition) is 2. The van der Waals surface area contributed by atoms with Crippen LogP contribution in [-0.2, 0) is 9.53 Å². The fraction of sp³-hybridized carbons (Fsp3) is 0.882. The molecule has 0 aromatic rings. The summed E-state index contributed by atoms with van der Waals surface area (Å²) in [5.74, 6) is 1.38. The Hall–Kier alpha value is -0.610. The van der Waals surface area contributed by atoms with Gasteiger partial charge < -0.3 is 20.3 Å². The monoisotopic (exact) mass is 469 g/mol. The van der Waals surface area contributed by atoms with E-state index in [4.69, 9.17) is 4.74 Å². The highest BCUT2D eigenvalue weighted by molar-refractivity contribution is 14.0. The first-order valence-corrected chi connectivity index (χ1v) is 9.01. The van der Waals surface area contributed by atoms with Crippen LogP contribution in [0, 0.1) is 5.92 Å².